The van der Waals surface area contributed by atoms with E-state index in [-0.39, 0.29) is 0 Å². The van der Waals surface area contributed by atoms with Crippen LogP contribution in [0.4, 0.5) is 0 Å². The molecule has 0 N–H and O–H groups in total. The summed E-state index contributed by atoms with van der Waals surface area (Å²) in [5.74, 6) is 0.824. The van der Waals surface area contributed by atoms with Crippen LogP contribution in [0.3, 0.4) is 0 Å². The van der Waals surface area contributed by atoms with E-state index >= 15 is 0 Å². The molecule has 0 nitrogen and oxygen atoms in total. The summed E-state index contributed by atoms with van der Waals surface area (Å²) in [6.45, 7) is 0. The van der Waals surface area contributed by atoms with Crippen LogP contribution in [-0.4, -0.2) is 4.83 Å². The van der Waals surface area contributed by atoms with Crippen molar-refractivity contribution in [2.24, 2.45) is 0 Å². The Labute approximate surface area is 100.0 Å². The second-order valence-electron chi connectivity index (χ2n) is 3.59. The fourth-order valence-corrected chi connectivity index (χ4v) is 4.01. The van der Waals surface area contributed by atoms with E-state index < -0.39 is 0 Å². The average molecular weight is 324 g/mol. The van der Waals surface area contributed by atoms with E-state index in [0.29, 0.717) is 0 Å². The minimum Gasteiger partial charge on any atom is -0.133 e. The van der Waals surface area contributed by atoms with E-state index in [1.165, 1.54) is 29.5 Å². The molecule has 1 aromatic rings. The number of alkyl halides is 1. The van der Waals surface area contributed by atoms with Crippen molar-refractivity contribution in [2.75, 3.05) is 0 Å². The zero-order valence-electron chi connectivity index (χ0n) is 7.30. The molecule has 0 atom stereocenters. The van der Waals surface area contributed by atoms with Gasteiger partial charge in [0.05, 0.1) is 3.79 Å². The Morgan fingerprint density at radius 1 is 1.15 bits per heavy atom. The van der Waals surface area contributed by atoms with Gasteiger partial charge in [-0.3, -0.25) is 0 Å². The van der Waals surface area contributed by atoms with Gasteiger partial charge < -0.3 is 0 Å². The summed E-state index contributed by atoms with van der Waals surface area (Å²) in [6, 6.07) is 4.44. The van der Waals surface area contributed by atoms with E-state index in [1.54, 1.807) is 4.88 Å². The molecule has 1 aliphatic carbocycles. The summed E-state index contributed by atoms with van der Waals surface area (Å²) in [4.78, 5) is 2.33. The van der Waals surface area contributed by atoms with Crippen molar-refractivity contribution in [3.63, 3.8) is 0 Å². The SMILES string of the molecule is Brc1ccc(C2CCC(Br)CC2)s1. The van der Waals surface area contributed by atoms with Gasteiger partial charge in [0.2, 0.25) is 0 Å². The van der Waals surface area contributed by atoms with Crippen molar-refractivity contribution in [3.8, 4) is 0 Å². The first-order chi connectivity index (χ1) is 6.25. The van der Waals surface area contributed by atoms with Gasteiger partial charge in [0.15, 0.2) is 0 Å². The van der Waals surface area contributed by atoms with Gasteiger partial charge in [0.1, 0.15) is 0 Å². The van der Waals surface area contributed by atoms with E-state index in [0.717, 1.165) is 10.7 Å². The lowest BCUT2D eigenvalue weighted by Crippen LogP contribution is -2.11. The van der Waals surface area contributed by atoms with Crippen LogP contribution < -0.4 is 0 Å². The van der Waals surface area contributed by atoms with Crippen LogP contribution in [-0.2, 0) is 0 Å². The van der Waals surface area contributed by atoms with Crippen LogP contribution in [0.5, 0.6) is 0 Å². The summed E-state index contributed by atoms with van der Waals surface area (Å²) in [5, 5.41) is 0. The van der Waals surface area contributed by atoms with Gasteiger partial charge in [-0.25, -0.2) is 0 Å². The summed E-state index contributed by atoms with van der Waals surface area (Å²) in [6.07, 6.45) is 5.37. The van der Waals surface area contributed by atoms with Gasteiger partial charge in [0, 0.05) is 9.70 Å². The zero-order chi connectivity index (χ0) is 9.26. The van der Waals surface area contributed by atoms with Crippen LogP contribution in [0.25, 0.3) is 0 Å². The smallest absolute Gasteiger partial charge is 0.0701 e. The Morgan fingerprint density at radius 3 is 2.38 bits per heavy atom. The predicted octanol–water partition coefficient (Wildman–Crippen LogP) is 4.93. The van der Waals surface area contributed by atoms with Gasteiger partial charge in [0.25, 0.3) is 0 Å². The highest BCUT2D eigenvalue weighted by atomic mass is 79.9. The standard InChI is InChI=1S/C10H12Br2S/c11-8-3-1-7(2-4-8)9-5-6-10(12)13-9/h5-8H,1-4H2. The molecule has 0 aliphatic heterocycles. The van der Waals surface area contributed by atoms with Gasteiger partial charge >= 0.3 is 0 Å². The average Bonchev–Trinajstić information content (AvgIpc) is 2.53. The molecule has 3 heteroatoms. The molecular weight excluding hydrogens is 312 g/mol. The maximum Gasteiger partial charge on any atom is 0.0701 e. The normalized spacial score (nSPS) is 29.1. The fourth-order valence-electron chi connectivity index (χ4n) is 1.88. The lowest BCUT2D eigenvalue weighted by Gasteiger charge is -2.24. The van der Waals surface area contributed by atoms with Crippen molar-refractivity contribution in [1.29, 1.82) is 0 Å². The summed E-state index contributed by atoms with van der Waals surface area (Å²) in [7, 11) is 0. The minimum absolute atomic E-state index is 0.771. The van der Waals surface area contributed by atoms with Gasteiger partial charge in [-0.15, -0.1) is 11.3 Å². The van der Waals surface area contributed by atoms with Crippen LogP contribution in [0.15, 0.2) is 15.9 Å². The molecule has 1 aromatic heterocycles. The van der Waals surface area contributed by atoms with E-state index in [2.05, 4.69) is 44.0 Å². The minimum atomic E-state index is 0.771. The van der Waals surface area contributed by atoms with E-state index in [9.17, 15) is 0 Å². The zero-order valence-corrected chi connectivity index (χ0v) is 11.3. The summed E-state index contributed by atoms with van der Waals surface area (Å²) in [5.41, 5.74) is 0. The monoisotopic (exact) mass is 322 g/mol. The lowest BCUT2D eigenvalue weighted by atomic mass is 9.88. The Bertz CT molecular complexity index is 274. The maximum atomic E-state index is 3.69. The van der Waals surface area contributed by atoms with Gasteiger partial charge in [-0.2, -0.15) is 0 Å². The first kappa shape index (κ1) is 10.2. The van der Waals surface area contributed by atoms with E-state index in [1.807, 2.05) is 11.3 Å². The quantitative estimate of drug-likeness (QED) is 0.643. The molecule has 0 unspecified atom stereocenters. The van der Waals surface area contributed by atoms with Gasteiger partial charge in [-0.05, 0) is 59.7 Å². The van der Waals surface area contributed by atoms with Crippen LogP contribution in [0.2, 0.25) is 0 Å². The third-order valence-corrected chi connectivity index (χ3v) is 5.35. The molecule has 72 valence electrons. The number of rotatable bonds is 1. The third-order valence-electron chi connectivity index (χ3n) is 2.65. The molecule has 0 aromatic carbocycles. The van der Waals surface area contributed by atoms with Crippen molar-refractivity contribution in [1.82, 2.24) is 0 Å². The summed E-state index contributed by atoms with van der Waals surface area (Å²) < 4.78 is 1.27. The van der Waals surface area contributed by atoms with Crippen LogP contribution in [0, 0.1) is 0 Å². The maximum absolute atomic E-state index is 3.69. The largest absolute Gasteiger partial charge is 0.133 e. The van der Waals surface area contributed by atoms with E-state index in [4.69, 9.17) is 0 Å². The molecule has 0 saturated heterocycles. The third kappa shape index (κ3) is 2.57. The highest BCUT2D eigenvalue weighted by molar-refractivity contribution is 9.11. The predicted molar refractivity (Wildman–Crippen MR) is 65.9 cm³/mol. The molecule has 1 fully saturated rings. The highest BCUT2D eigenvalue weighted by Crippen LogP contribution is 2.39. The van der Waals surface area contributed by atoms with Crippen molar-refractivity contribution in [2.45, 2.75) is 36.4 Å². The second kappa shape index (κ2) is 4.45. The highest BCUT2D eigenvalue weighted by Gasteiger charge is 2.21. The molecule has 1 aliphatic rings. The number of thiophene rings is 1. The van der Waals surface area contributed by atoms with Crippen molar-refractivity contribution in [3.05, 3.63) is 20.8 Å². The number of hydrogen-bond acceptors (Lipinski definition) is 1. The molecule has 0 radical (unpaired) electrons. The van der Waals surface area contributed by atoms with Crippen molar-refractivity contribution >= 4 is 43.2 Å². The molecule has 13 heavy (non-hydrogen) atoms. The lowest BCUT2D eigenvalue weighted by molar-refractivity contribution is 0.462. The van der Waals surface area contributed by atoms with Gasteiger partial charge in [-0.1, -0.05) is 15.9 Å². The fraction of sp³-hybridized carbons (Fsp3) is 0.600. The van der Waals surface area contributed by atoms with Crippen molar-refractivity contribution < 1.29 is 0 Å². The Balaban J connectivity index is 2.02. The molecule has 0 amide bonds. The molecular formula is C10H12Br2S. The number of hydrogen-bond donors (Lipinski definition) is 0. The second-order valence-corrected chi connectivity index (χ2v) is 7.38. The summed E-state index contributed by atoms with van der Waals surface area (Å²) >= 11 is 9.10. The molecule has 2 rings (SSSR count). The Kier molecular flexibility index (Phi) is 3.49. The topological polar surface area (TPSA) is 0 Å². The molecule has 0 bridgehead atoms. The number of halogens is 2. The first-order valence-electron chi connectivity index (χ1n) is 4.65. The van der Waals surface area contributed by atoms with Crippen LogP contribution >= 0.6 is 43.2 Å². The molecule has 0 spiro atoms. The first-order valence-corrected chi connectivity index (χ1v) is 7.17. The molecule has 1 heterocycles. The van der Waals surface area contributed by atoms with Crippen LogP contribution in [0.1, 0.15) is 36.5 Å². The molecule has 1 saturated carbocycles. The Hall–Kier alpha value is 0.660. The Morgan fingerprint density at radius 2 is 1.85 bits per heavy atom.